The summed E-state index contributed by atoms with van der Waals surface area (Å²) in [6.07, 6.45) is 0. The van der Waals surface area contributed by atoms with Crippen molar-refractivity contribution in [2.45, 2.75) is 9.79 Å². The first-order valence-corrected chi connectivity index (χ1v) is 15.4. The highest BCUT2D eigenvalue weighted by molar-refractivity contribution is 7.86. The number of hydrogen-bond donors (Lipinski definition) is 6. The predicted molar refractivity (Wildman–Crippen MR) is 162 cm³/mol. The molecule has 46 heavy (non-hydrogen) atoms. The van der Waals surface area contributed by atoms with Crippen LogP contribution in [0, 0.1) is 0 Å². The number of carboxylic acid groups (broad SMARTS) is 2. The Morgan fingerprint density at radius 3 is 1.89 bits per heavy atom. The average Bonchev–Trinajstić information content (AvgIpc) is 2.98. The number of aromatic hydroxyl groups is 1. The minimum absolute atomic E-state index is 0.0332. The molecule has 18 heteroatoms. The van der Waals surface area contributed by atoms with E-state index in [1.54, 1.807) is 0 Å². The number of phenolic OH excluding ortho intramolecular Hbond substituents is 1. The number of azo groups is 2. The number of phenols is 1. The van der Waals surface area contributed by atoms with Crippen molar-refractivity contribution in [3.63, 3.8) is 0 Å². The summed E-state index contributed by atoms with van der Waals surface area (Å²) in [7, 11) is -9.63. The molecule has 7 N–H and O–H groups in total. The smallest absolute Gasteiger partial charge is 0.338 e. The lowest BCUT2D eigenvalue weighted by Crippen LogP contribution is -2.02. The van der Waals surface area contributed by atoms with Gasteiger partial charge in [0.15, 0.2) is 5.75 Å². The number of carbonyl (C=O) groups is 2. The van der Waals surface area contributed by atoms with Crippen molar-refractivity contribution in [2.24, 2.45) is 20.5 Å². The first kappa shape index (κ1) is 31.6. The molecule has 5 rings (SSSR count). The largest absolute Gasteiger partial charge is 0.505 e. The Labute approximate surface area is 258 Å². The van der Waals surface area contributed by atoms with Crippen molar-refractivity contribution in [1.82, 2.24) is 0 Å². The molecule has 16 nitrogen and oxygen atoms in total. The van der Waals surface area contributed by atoms with Gasteiger partial charge in [-0.2, -0.15) is 16.8 Å². The fourth-order valence-electron chi connectivity index (χ4n) is 4.42. The first-order chi connectivity index (χ1) is 21.5. The molecule has 0 aliphatic carbocycles. The standard InChI is InChI=1S/C28H19N5O11S2/c29-15-3-1-13-10-24(46(42,43)44)25(26(34)18(13)11-15)33-32-22-8-7-21(17-5-2-14(27(35)36)9-19(17)22)30-31-23-6-4-16(45(39,40)41)12-20(23)28(37)38/h1-12,34H,29H2,(H,35,36)(H,37,38)(H,39,40,41)(H,42,43,44)/b31-30+,33-32+. The molecule has 234 valence electrons. The van der Waals surface area contributed by atoms with Crippen LogP contribution in [0.25, 0.3) is 21.5 Å². The number of hydrogen-bond acceptors (Lipinski definition) is 12. The monoisotopic (exact) mass is 665 g/mol. The van der Waals surface area contributed by atoms with Gasteiger partial charge in [0.1, 0.15) is 16.3 Å². The molecule has 0 radical (unpaired) electrons. The highest BCUT2D eigenvalue weighted by atomic mass is 32.2. The van der Waals surface area contributed by atoms with Crippen LogP contribution in [0.5, 0.6) is 5.75 Å². The van der Waals surface area contributed by atoms with E-state index < -0.39 is 59.0 Å². The number of fused-ring (bicyclic) bond motifs is 2. The third-order valence-electron chi connectivity index (χ3n) is 6.59. The van der Waals surface area contributed by atoms with E-state index in [1.165, 1.54) is 48.5 Å². The van der Waals surface area contributed by atoms with Crippen LogP contribution in [0.4, 0.5) is 28.4 Å². The lowest BCUT2D eigenvalue weighted by molar-refractivity contribution is 0.0686. The van der Waals surface area contributed by atoms with E-state index in [0.29, 0.717) is 6.07 Å². The van der Waals surface area contributed by atoms with E-state index in [-0.39, 0.29) is 49.9 Å². The normalized spacial score (nSPS) is 12.4. The quantitative estimate of drug-likeness (QED) is 0.0632. The van der Waals surface area contributed by atoms with Gasteiger partial charge in [0.25, 0.3) is 20.2 Å². The minimum Gasteiger partial charge on any atom is -0.505 e. The van der Waals surface area contributed by atoms with Crippen LogP contribution in [0.3, 0.4) is 0 Å². The zero-order chi connectivity index (χ0) is 33.6. The number of carboxylic acids is 2. The van der Waals surface area contributed by atoms with Crippen molar-refractivity contribution < 1.29 is 50.8 Å². The number of aromatic carboxylic acids is 2. The van der Waals surface area contributed by atoms with Crippen LogP contribution in [0.1, 0.15) is 20.7 Å². The maximum Gasteiger partial charge on any atom is 0.338 e. The highest BCUT2D eigenvalue weighted by Crippen LogP contribution is 2.43. The highest BCUT2D eigenvalue weighted by Gasteiger charge is 2.23. The summed E-state index contributed by atoms with van der Waals surface area (Å²) in [4.78, 5) is 22.0. The van der Waals surface area contributed by atoms with Gasteiger partial charge >= 0.3 is 11.9 Å². The van der Waals surface area contributed by atoms with Crippen molar-refractivity contribution in [1.29, 1.82) is 0 Å². The second kappa shape index (κ2) is 11.6. The third-order valence-corrected chi connectivity index (χ3v) is 8.31. The Bertz CT molecular complexity index is 2410. The van der Waals surface area contributed by atoms with Crippen molar-refractivity contribution in [3.8, 4) is 5.75 Å². The molecule has 0 atom stereocenters. The van der Waals surface area contributed by atoms with Gasteiger partial charge in [-0.05, 0) is 66.0 Å². The van der Waals surface area contributed by atoms with Gasteiger partial charge < -0.3 is 21.1 Å². The third kappa shape index (κ3) is 6.21. The van der Waals surface area contributed by atoms with Crippen LogP contribution in [-0.4, -0.2) is 53.2 Å². The van der Waals surface area contributed by atoms with Crippen LogP contribution in [-0.2, 0) is 20.2 Å². The molecule has 0 spiro atoms. The summed E-state index contributed by atoms with van der Waals surface area (Å²) < 4.78 is 66.3. The Balaban J connectivity index is 1.67. The summed E-state index contributed by atoms with van der Waals surface area (Å²) in [6, 6.07) is 14.4. The molecule has 0 amide bonds. The zero-order valence-corrected chi connectivity index (χ0v) is 24.4. The summed E-state index contributed by atoms with van der Waals surface area (Å²) in [5.41, 5.74) is 4.40. The Kier molecular flexibility index (Phi) is 7.97. The average molecular weight is 666 g/mol. The summed E-state index contributed by atoms with van der Waals surface area (Å²) in [6.45, 7) is 0. The van der Waals surface area contributed by atoms with Crippen LogP contribution in [0.15, 0.2) is 103 Å². The number of benzene rings is 5. The van der Waals surface area contributed by atoms with Gasteiger partial charge in [-0.1, -0.05) is 12.1 Å². The number of nitrogen functional groups attached to an aromatic ring is 1. The van der Waals surface area contributed by atoms with Gasteiger partial charge in [0.2, 0.25) is 0 Å². The van der Waals surface area contributed by atoms with E-state index in [9.17, 15) is 50.8 Å². The molecular weight excluding hydrogens is 646 g/mol. The summed E-state index contributed by atoms with van der Waals surface area (Å²) in [5, 5.41) is 46.5. The van der Waals surface area contributed by atoms with Crippen molar-refractivity contribution >= 4 is 82.2 Å². The Hall–Kier alpha value is -5.82. The number of nitrogens with zero attached hydrogens (tertiary/aromatic N) is 4. The fraction of sp³-hybridized carbons (Fsp3) is 0. The molecule has 0 aromatic heterocycles. The Morgan fingerprint density at radius 1 is 0.630 bits per heavy atom. The molecule has 0 aliphatic rings. The molecule has 0 heterocycles. The van der Waals surface area contributed by atoms with Gasteiger partial charge in [0.05, 0.1) is 27.4 Å². The van der Waals surface area contributed by atoms with E-state index in [4.69, 9.17) is 5.73 Å². The van der Waals surface area contributed by atoms with E-state index in [1.807, 2.05) is 0 Å². The van der Waals surface area contributed by atoms with E-state index >= 15 is 0 Å². The molecule has 5 aromatic rings. The van der Waals surface area contributed by atoms with Gasteiger partial charge in [-0.25, -0.2) is 9.59 Å². The second-order valence-corrected chi connectivity index (χ2v) is 12.4. The van der Waals surface area contributed by atoms with Gasteiger partial charge in [-0.3, -0.25) is 9.11 Å². The lowest BCUT2D eigenvalue weighted by Gasteiger charge is -2.10. The molecule has 0 saturated carbocycles. The number of anilines is 1. The second-order valence-electron chi connectivity index (χ2n) is 9.56. The molecule has 0 unspecified atom stereocenters. The summed E-state index contributed by atoms with van der Waals surface area (Å²) >= 11 is 0. The topological polar surface area (TPSA) is 279 Å². The summed E-state index contributed by atoms with van der Waals surface area (Å²) in [5.74, 6) is -3.52. The number of nitrogens with two attached hydrogens (primary N) is 1. The van der Waals surface area contributed by atoms with Gasteiger partial charge in [-0.15, -0.1) is 20.5 Å². The van der Waals surface area contributed by atoms with E-state index in [0.717, 1.165) is 18.2 Å². The molecule has 0 fully saturated rings. The first-order valence-electron chi connectivity index (χ1n) is 12.6. The predicted octanol–water partition coefficient (Wildman–Crippen LogP) is 6.00. The maximum atomic E-state index is 12.2. The van der Waals surface area contributed by atoms with E-state index in [2.05, 4.69) is 20.5 Å². The fourth-order valence-corrected chi connectivity index (χ4v) is 5.59. The zero-order valence-electron chi connectivity index (χ0n) is 22.8. The number of rotatable bonds is 8. The van der Waals surface area contributed by atoms with Crippen LogP contribution in [0.2, 0.25) is 0 Å². The molecular formula is C28H19N5O11S2. The maximum absolute atomic E-state index is 12.2. The van der Waals surface area contributed by atoms with Crippen LogP contribution >= 0.6 is 0 Å². The van der Waals surface area contributed by atoms with Gasteiger partial charge in [0, 0.05) is 21.8 Å². The lowest BCUT2D eigenvalue weighted by atomic mass is 10.0. The molecule has 0 bridgehead atoms. The Morgan fingerprint density at radius 2 is 1.26 bits per heavy atom. The van der Waals surface area contributed by atoms with Crippen molar-refractivity contribution in [3.05, 3.63) is 83.9 Å². The minimum atomic E-state index is -4.92. The van der Waals surface area contributed by atoms with Crippen molar-refractivity contribution in [2.75, 3.05) is 5.73 Å². The molecule has 0 saturated heterocycles. The SMILES string of the molecule is Nc1ccc2cc(S(=O)(=O)O)c(/N=N/c3ccc(/N=N/c4ccc(S(=O)(=O)O)cc4C(=O)O)c4ccc(C(=O)O)cc34)c(O)c2c1. The van der Waals surface area contributed by atoms with Crippen LogP contribution < -0.4 is 5.73 Å². The molecule has 5 aromatic carbocycles. The molecule has 0 aliphatic heterocycles.